The fourth-order valence-electron chi connectivity index (χ4n) is 1.46. The molecule has 0 radical (unpaired) electrons. The van der Waals surface area contributed by atoms with Gasteiger partial charge in [0.2, 0.25) is 0 Å². The largest absolute Gasteiger partial charge is 0.472 e. The van der Waals surface area contributed by atoms with Crippen molar-refractivity contribution in [3.63, 3.8) is 0 Å². The summed E-state index contributed by atoms with van der Waals surface area (Å²) < 4.78 is 20.5. The van der Waals surface area contributed by atoms with Gasteiger partial charge in [-0.05, 0) is 6.42 Å². The molecule has 5 N–H and O–H groups in total. The van der Waals surface area contributed by atoms with E-state index in [-0.39, 0.29) is 30.3 Å². The van der Waals surface area contributed by atoms with E-state index in [1.165, 1.54) is 19.3 Å². The van der Waals surface area contributed by atoms with Gasteiger partial charge in [-0.3, -0.25) is 13.8 Å². The Balaban J connectivity index is 0. The number of phosphoric acid groups is 1. The topological polar surface area (TPSA) is 130 Å². The number of nitrogens with two attached hydrogens (primary N) is 1. The second kappa shape index (κ2) is 15.0. The first-order valence-electron chi connectivity index (χ1n) is 6.99. The van der Waals surface area contributed by atoms with E-state index in [9.17, 15) is 14.3 Å². The van der Waals surface area contributed by atoms with E-state index in [0.717, 1.165) is 24.6 Å². The standard InChI is InChI=1S/C12H26NO5PS.H2O/c1-2-3-4-5-6-7-12(14)20-11-10-18-19(15,16)17-9-8-13;/h2-11,13H2,1H3,(H,15,16);1H2. The van der Waals surface area contributed by atoms with Crippen molar-refractivity contribution in [2.45, 2.75) is 45.4 Å². The quantitative estimate of drug-likeness (QED) is 0.385. The summed E-state index contributed by atoms with van der Waals surface area (Å²) >= 11 is 1.13. The number of thioether (sulfide) groups is 1. The molecule has 1 atom stereocenters. The summed E-state index contributed by atoms with van der Waals surface area (Å²) in [7, 11) is -4.01. The predicted molar refractivity (Wildman–Crippen MR) is 85.2 cm³/mol. The van der Waals surface area contributed by atoms with Gasteiger partial charge in [0.1, 0.15) is 0 Å². The molecule has 0 heterocycles. The van der Waals surface area contributed by atoms with E-state index < -0.39 is 7.82 Å². The molecule has 0 spiro atoms. The Bertz CT molecular complexity index is 305. The average Bonchev–Trinajstić information content (AvgIpc) is 2.41. The minimum atomic E-state index is -4.01. The number of phosphoric ester groups is 1. The monoisotopic (exact) mass is 345 g/mol. The Morgan fingerprint density at radius 3 is 2.43 bits per heavy atom. The molecule has 0 aromatic heterocycles. The van der Waals surface area contributed by atoms with Crippen LogP contribution >= 0.6 is 19.6 Å². The second-order valence-electron chi connectivity index (χ2n) is 4.31. The van der Waals surface area contributed by atoms with Gasteiger partial charge in [-0.1, -0.05) is 44.4 Å². The number of carbonyl (C=O) groups excluding carboxylic acids is 1. The van der Waals surface area contributed by atoms with E-state index in [1.807, 2.05) is 0 Å². The molecule has 0 rings (SSSR count). The van der Waals surface area contributed by atoms with Gasteiger partial charge in [-0.25, -0.2) is 4.57 Å². The SMILES string of the molecule is CCCCCCCC(=O)SCCOP(=O)(O)OCCN.O. The third-order valence-corrected chi connectivity index (χ3v) is 4.37. The summed E-state index contributed by atoms with van der Waals surface area (Å²) in [6.07, 6.45) is 6.11. The molecule has 128 valence electrons. The van der Waals surface area contributed by atoms with Crippen molar-refractivity contribution < 1.29 is 28.8 Å². The maximum atomic E-state index is 11.5. The first-order valence-corrected chi connectivity index (χ1v) is 9.47. The molecule has 0 saturated heterocycles. The van der Waals surface area contributed by atoms with E-state index >= 15 is 0 Å². The van der Waals surface area contributed by atoms with E-state index in [0.29, 0.717) is 12.2 Å². The molecule has 0 aliphatic rings. The first-order chi connectivity index (χ1) is 9.52. The molecule has 0 aliphatic heterocycles. The van der Waals surface area contributed by atoms with Crippen molar-refractivity contribution in [1.29, 1.82) is 0 Å². The number of hydrogen-bond acceptors (Lipinski definition) is 6. The lowest BCUT2D eigenvalue weighted by Crippen LogP contribution is -2.09. The van der Waals surface area contributed by atoms with Crippen LogP contribution in [0.1, 0.15) is 45.4 Å². The van der Waals surface area contributed by atoms with Crippen LogP contribution in [-0.2, 0) is 18.4 Å². The van der Waals surface area contributed by atoms with Gasteiger partial charge >= 0.3 is 7.82 Å². The smallest absolute Gasteiger partial charge is 0.412 e. The molecule has 0 aromatic rings. The molecule has 7 nitrogen and oxygen atoms in total. The number of hydrogen-bond donors (Lipinski definition) is 2. The molecular formula is C12H28NO6PS. The van der Waals surface area contributed by atoms with Crippen molar-refractivity contribution in [1.82, 2.24) is 0 Å². The number of carbonyl (C=O) groups is 1. The van der Waals surface area contributed by atoms with E-state index in [4.69, 9.17) is 10.3 Å². The number of rotatable bonds is 13. The Morgan fingerprint density at radius 2 is 1.81 bits per heavy atom. The summed E-state index contributed by atoms with van der Waals surface area (Å²) in [5.74, 6) is 0.352. The van der Waals surface area contributed by atoms with Crippen LogP contribution in [0.5, 0.6) is 0 Å². The van der Waals surface area contributed by atoms with Crippen molar-refractivity contribution >= 4 is 24.7 Å². The van der Waals surface area contributed by atoms with Crippen LogP contribution in [0, 0.1) is 0 Å². The van der Waals surface area contributed by atoms with Gasteiger partial charge in [0.05, 0.1) is 13.2 Å². The van der Waals surface area contributed by atoms with Gasteiger partial charge < -0.3 is 16.1 Å². The van der Waals surface area contributed by atoms with Crippen LogP contribution in [-0.4, -0.2) is 41.0 Å². The predicted octanol–water partition coefficient (Wildman–Crippen LogP) is 1.87. The molecule has 21 heavy (non-hydrogen) atoms. The Kier molecular flexibility index (Phi) is 16.6. The van der Waals surface area contributed by atoms with Crippen LogP contribution in [0.4, 0.5) is 0 Å². The lowest BCUT2D eigenvalue weighted by molar-refractivity contribution is -0.111. The van der Waals surface area contributed by atoms with Crippen LogP contribution in [0.2, 0.25) is 0 Å². The molecule has 0 bridgehead atoms. The zero-order valence-electron chi connectivity index (χ0n) is 12.6. The zero-order valence-corrected chi connectivity index (χ0v) is 14.3. The van der Waals surface area contributed by atoms with Gasteiger partial charge in [-0.15, -0.1) is 0 Å². The van der Waals surface area contributed by atoms with Crippen molar-refractivity contribution in [2.75, 3.05) is 25.5 Å². The Labute approximate surface area is 130 Å². The lowest BCUT2D eigenvalue weighted by Gasteiger charge is -2.10. The summed E-state index contributed by atoms with van der Waals surface area (Å²) in [6, 6.07) is 0. The summed E-state index contributed by atoms with van der Waals surface area (Å²) in [5, 5.41) is 0.0979. The summed E-state index contributed by atoms with van der Waals surface area (Å²) in [5.41, 5.74) is 5.15. The van der Waals surface area contributed by atoms with Gasteiger partial charge in [0, 0.05) is 18.7 Å². The minimum Gasteiger partial charge on any atom is -0.412 e. The highest BCUT2D eigenvalue weighted by molar-refractivity contribution is 8.13. The maximum Gasteiger partial charge on any atom is 0.472 e. The van der Waals surface area contributed by atoms with Crippen molar-refractivity contribution in [2.24, 2.45) is 5.73 Å². The third-order valence-electron chi connectivity index (χ3n) is 2.46. The first kappa shape index (κ1) is 23.3. The normalized spacial score (nSPS) is 13.5. The molecular weight excluding hydrogens is 317 g/mol. The minimum absolute atomic E-state index is 0. The molecule has 0 saturated carbocycles. The number of unbranched alkanes of at least 4 members (excludes halogenated alkanes) is 4. The van der Waals surface area contributed by atoms with Crippen molar-refractivity contribution in [3.8, 4) is 0 Å². The van der Waals surface area contributed by atoms with Gasteiger partial charge in [0.25, 0.3) is 0 Å². The average molecular weight is 345 g/mol. The molecule has 0 aromatic carbocycles. The van der Waals surface area contributed by atoms with Gasteiger partial charge in [0.15, 0.2) is 5.12 Å². The van der Waals surface area contributed by atoms with E-state index in [2.05, 4.69) is 11.4 Å². The van der Waals surface area contributed by atoms with Crippen molar-refractivity contribution in [3.05, 3.63) is 0 Å². The highest BCUT2D eigenvalue weighted by atomic mass is 32.2. The Morgan fingerprint density at radius 1 is 1.19 bits per heavy atom. The van der Waals surface area contributed by atoms with Crippen LogP contribution < -0.4 is 5.73 Å². The zero-order chi connectivity index (χ0) is 15.3. The van der Waals surface area contributed by atoms with Crippen LogP contribution in [0.3, 0.4) is 0 Å². The summed E-state index contributed by atoms with van der Waals surface area (Å²) in [4.78, 5) is 20.7. The van der Waals surface area contributed by atoms with Crippen LogP contribution in [0.25, 0.3) is 0 Å². The van der Waals surface area contributed by atoms with E-state index in [1.54, 1.807) is 0 Å². The summed E-state index contributed by atoms with van der Waals surface area (Å²) in [6.45, 7) is 2.28. The van der Waals surface area contributed by atoms with Crippen LogP contribution in [0.15, 0.2) is 0 Å². The second-order valence-corrected chi connectivity index (χ2v) is 6.91. The lowest BCUT2D eigenvalue weighted by atomic mass is 10.1. The fraction of sp³-hybridized carbons (Fsp3) is 0.917. The highest BCUT2D eigenvalue weighted by Crippen LogP contribution is 2.42. The third kappa shape index (κ3) is 16.2. The van der Waals surface area contributed by atoms with Gasteiger partial charge in [-0.2, -0.15) is 0 Å². The molecule has 0 aliphatic carbocycles. The molecule has 1 unspecified atom stereocenters. The molecule has 9 heteroatoms. The molecule has 0 fully saturated rings. The molecule has 0 amide bonds. The fourth-order valence-corrected chi connectivity index (χ4v) is 3.00. The maximum absolute atomic E-state index is 11.5. The Hall–Kier alpha value is 0.0500. The highest BCUT2D eigenvalue weighted by Gasteiger charge is 2.20.